The largest absolute Gasteiger partial charge is 0.351 e. The summed E-state index contributed by atoms with van der Waals surface area (Å²) in [4.78, 5) is 20.7. The Balaban J connectivity index is 1.31. The van der Waals surface area contributed by atoms with Gasteiger partial charge in [0.2, 0.25) is 5.89 Å². The van der Waals surface area contributed by atoms with Gasteiger partial charge in [0.15, 0.2) is 5.82 Å². The fraction of sp³-hybridized carbons (Fsp3) is 0.833. The second-order valence-electron chi connectivity index (χ2n) is 7.88. The van der Waals surface area contributed by atoms with E-state index in [0.717, 1.165) is 63.6 Å². The van der Waals surface area contributed by atoms with Gasteiger partial charge in [0.1, 0.15) is 0 Å². The second kappa shape index (κ2) is 7.32. The standard InChI is InChI=1S/C18H29N5O2/c19-18(24)23-9-3-1-2-4-15(23)13-7-10-22(11-8-13)12-16-20-17(21-25-16)14-5-6-14/h13-15H,1-12H2,(H2,19,24). The number of piperidine rings is 1. The van der Waals surface area contributed by atoms with Crippen LogP contribution in [0.25, 0.3) is 0 Å². The first-order valence-electron chi connectivity index (χ1n) is 9.81. The molecule has 138 valence electrons. The maximum atomic E-state index is 11.8. The summed E-state index contributed by atoms with van der Waals surface area (Å²) in [6, 6.07) is 0.0832. The first-order chi connectivity index (χ1) is 12.2. The zero-order valence-electron chi connectivity index (χ0n) is 14.9. The van der Waals surface area contributed by atoms with Gasteiger partial charge in [-0.25, -0.2) is 4.79 Å². The zero-order chi connectivity index (χ0) is 17.2. The number of rotatable bonds is 4. The van der Waals surface area contributed by atoms with Gasteiger partial charge in [-0.1, -0.05) is 18.0 Å². The second-order valence-corrected chi connectivity index (χ2v) is 7.88. The number of carbonyl (C=O) groups excluding carboxylic acids is 1. The summed E-state index contributed by atoms with van der Waals surface area (Å²) in [5, 5.41) is 4.10. The van der Waals surface area contributed by atoms with Crippen molar-refractivity contribution in [2.75, 3.05) is 19.6 Å². The van der Waals surface area contributed by atoms with Gasteiger partial charge in [-0.2, -0.15) is 4.98 Å². The summed E-state index contributed by atoms with van der Waals surface area (Å²) in [6.45, 7) is 3.62. The lowest BCUT2D eigenvalue weighted by atomic mass is 9.86. The van der Waals surface area contributed by atoms with Crippen molar-refractivity contribution in [2.24, 2.45) is 11.7 Å². The van der Waals surface area contributed by atoms with Gasteiger partial charge in [-0.3, -0.25) is 4.90 Å². The summed E-state index contributed by atoms with van der Waals surface area (Å²) < 4.78 is 5.40. The number of nitrogens with zero attached hydrogens (tertiary/aromatic N) is 4. The average molecular weight is 347 g/mol. The number of hydrogen-bond donors (Lipinski definition) is 1. The molecule has 1 unspecified atom stereocenters. The average Bonchev–Trinajstić information content (AvgIpc) is 3.40. The van der Waals surface area contributed by atoms with E-state index in [2.05, 4.69) is 15.0 Å². The molecule has 3 aliphatic rings. The molecular formula is C18H29N5O2. The SMILES string of the molecule is NC(=O)N1CCCCCC1C1CCN(Cc2nc(C3CC3)no2)CC1. The lowest BCUT2D eigenvalue weighted by molar-refractivity contribution is 0.0962. The third-order valence-corrected chi connectivity index (χ3v) is 6.04. The number of amides is 2. The monoisotopic (exact) mass is 347 g/mol. The molecule has 1 atom stereocenters. The molecule has 3 heterocycles. The number of nitrogens with two attached hydrogens (primary N) is 1. The Morgan fingerprint density at radius 2 is 1.88 bits per heavy atom. The highest BCUT2D eigenvalue weighted by molar-refractivity contribution is 5.72. The van der Waals surface area contributed by atoms with Crippen molar-refractivity contribution in [2.45, 2.75) is 69.9 Å². The van der Waals surface area contributed by atoms with Crippen LogP contribution in [-0.2, 0) is 6.54 Å². The summed E-state index contributed by atoms with van der Waals surface area (Å²) in [5.74, 6) is 2.74. The van der Waals surface area contributed by atoms with E-state index in [1.165, 1.54) is 25.7 Å². The van der Waals surface area contributed by atoms with Crippen molar-refractivity contribution in [3.8, 4) is 0 Å². The molecule has 1 aliphatic carbocycles. The van der Waals surface area contributed by atoms with E-state index >= 15 is 0 Å². The molecule has 0 bridgehead atoms. The van der Waals surface area contributed by atoms with E-state index in [1.54, 1.807) is 0 Å². The highest BCUT2D eigenvalue weighted by Crippen LogP contribution is 2.38. The van der Waals surface area contributed by atoms with Crippen LogP contribution in [0.4, 0.5) is 4.79 Å². The Hall–Kier alpha value is -1.63. The molecule has 2 saturated heterocycles. The fourth-order valence-electron chi connectivity index (χ4n) is 4.42. The summed E-state index contributed by atoms with van der Waals surface area (Å²) in [6.07, 6.45) is 9.21. The van der Waals surface area contributed by atoms with Gasteiger partial charge in [0.25, 0.3) is 0 Å². The zero-order valence-corrected chi connectivity index (χ0v) is 14.9. The molecule has 25 heavy (non-hydrogen) atoms. The van der Waals surface area contributed by atoms with Gasteiger partial charge in [0.05, 0.1) is 6.54 Å². The lowest BCUT2D eigenvalue weighted by Crippen LogP contribution is -2.49. The topological polar surface area (TPSA) is 88.5 Å². The maximum Gasteiger partial charge on any atom is 0.315 e. The minimum atomic E-state index is -0.243. The Morgan fingerprint density at radius 3 is 2.60 bits per heavy atom. The Labute approximate surface area is 148 Å². The third kappa shape index (κ3) is 3.97. The van der Waals surface area contributed by atoms with Crippen LogP contribution in [0.3, 0.4) is 0 Å². The van der Waals surface area contributed by atoms with Gasteiger partial charge in [-0.15, -0.1) is 0 Å². The van der Waals surface area contributed by atoms with Crippen LogP contribution in [0.1, 0.15) is 69.0 Å². The Bertz CT molecular complexity index is 592. The smallest absolute Gasteiger partial charge is 0.315 e. The number of likely N-dealkylation sites (tertiary alicyclic amines) is 2. The molecule has 0 radical (unpaired) electrons. The molecule has 2 aliphatic heterocycles. The van der Waals surface area contributed by atoms with Crippen molar-refractivity contribution in [3.63, 3.8) is 0 Å². The molecule has 7 nitrogen and oxygen atoms in total. The minimum absolute atomic E-state index is 0.243. The molecule has 3 fully saturated rings. The molecule has 0 aromatic carbocycles. The van der Waals surface area contributed by atoms with E-state index in [9.17, 15) is 4.79 Å². The molecule has 1 aromatic heterocycles. The highest BCUT2D eigenvalue weighted by Gasteiger charge is 2.34. The van der Waals surface area contributed by atoms with Gasteiger partial charge in [-0.05, 0) is 57.5 Å². The molecule has 1 saturated carbocycles. The van der Waals surface area contributed by atoms with E-state index < -0.39 is 0 Å². The molecule has 2 N–H and O–H groups in total. The molecule has 2 amide bonds. The van der Waals surface area contributed by atoms with Crippen molar-refractivity contribution in [1.29, 1.82) is 0 Å². The quantitative estimate of drug-likeness (QED) is 0.904. The Morgan fingerprint density at radius 1 is 1.08 bits per heavy atom. The number of urea groups is 1. The van der Waals surface area contributed by atoms with Gasteiger partial charge in [0, 0.05) is 18.5 Å². The van der Waals surface area contributed by atoms with Crippen molar-refractivity contribution < 1.29 is 9.32 Å². The molecule has 1 aromatic rings. The molecular weight excluding hydrogens is 318 g/mol. The number of primary amides is 1. The van der Waals surface area contributed by atoms with Crippen molar-refractivity contribution >= 4 is 6.03 Å². The van der Waals surface area contributed by atoms with Crippen LogP contribution in [-0.4, -0.2) is 51.6 Å². The normalized spacial score (nSPS) is 26.6. The molecule has 0 spiro atoms. The highest BCUT2D eigenvalue weighted by atomic mass is 16.5. The van der Waals surface area contributed by atoms with Crippen LogP contribution in [0.5, 0.6) is 0 Å². The van der Waals surface area contributed by atoms with E-state index in [0.29, 0.717) is 17.9 Å². The number of hydrogen-bond acceptors (Lipinski definition) is 5. The van der Waals surface area contributed by atoms with E-state index in [4.69, 9.17) is 10.3 Å². The predicted octanol–water partition coefficient (Wildman–Crippen LogP) is 2.48. The van der Waals surface area contributed by atoms with Crippen molar-refractivity contribution in [3.05, 3.63) is 11.7 Å². The summed E-state index contributed by atoms with van der Waals surface area (Å²) in [5.41, 5.74) is 5.64. The Kier molecular flexibility index (Phi) is 4.92. The molecule has 4 rings (SSSR count). The maximum absolute atomic E-state index is 11.8. The minimum Gasteiger partial charge on any atom is -0.351 e. The molecule has 7 heteroatoms. The van der Waals surface area contributed by atoms with Gasteiger partial charge >= 0.3 is 6.03 Å². The van der Waals surface area contributed by atoms with E-state index in [1.807, 2.05) is 4.90 Å². The predicted molar refractivity (Wildman–Crippen MR) is 92.8 cm³/mol. The van der Waals surface area contributed by atoms with Crippen LogP contribution in [0.2, 0.25) is 0 Å². The fourth-order valence-corrected chi connectivity index (χ4v) is 4.42. The van der Waals surface area contributed by atoms with Crippen LogP contribution >= 0.6 is 0 Å². The number of carbonyl (C=O) groups is 1. The number of aromatic nitrogens is 2. The first kappa shape index (κ1) is 16.8. The summed E-state index contributed by atoms with van der Waals surface area (Å²) >= 11 is 0. The van der Waals surface area contributed by atoms with Crippen LogP contribution in [0, 0.1) is 5.92 Å². The lowest BCUT2D eigenvalue weighted by Gasteiger charge is -2.39. The summed E-state index contributed by atoms with van der Waals surface area (Å²) in [7, 11) is 0. The van der Waals surface area contributed by atoms with Crippen LogP contribution < -0.4 is 5.73 Å². The first-order valence-corrected chi connectivity index (χ1v) is 9.81. The van der Waals surface area contributed by atoms with Crippen LogP contribution in [0.15, 0.2) is 4.52 Å². The van der Waals surface area contributed by atoms with E-state index in [-0.39, 0.29) is 6.03 Å². The van der Waals surface area contributed by atoms with Crippen molar-refractivity contribution in [1.82, 2.24) is 19.9 Å². The van der Waals surface area contributed by atoms with Gasteiger partial charge < -0.3 is 15.2 Å². The third-order valence-electron chi connectivity index (χ3n) is 6.04.